The van der Waals surface area contributed by atoms with Crippen LogP contribution in [0.1, 0.15) is 69.0 Å². The third-order valence-electron chi connectivity index (χ3n) is 5.55. The van der Waals surface area contributed by atoms with Crippen molar-refractivity contribution in [2.75, 3.05) is 0 Å². The summed E-state index contributed by atoms with van der Waals surface area (Å²) in [5.41, 5.74) is 8.95. The molecule has 5 nitrogen and oxygen atoms in total. The van der Waals surface area contributed by atoms with Gasteiger partial charge in [0.15, 0.2) is 0 Å². The molecule has 0 aliphatic carbocycles. The van der Waals surface area contributed by atoms with Gasteiger partial charge in [-0.15, -0.1) is 0 Å². The summed E-state index contributed by atoms with van der Waals surface area (Å²) in [4.78, 5) is 22.2. The minimum Gasteiger partial charge on any atom is -0.342 e. The number of rotatable bonds is 5. The predicted octanol–water partition coefficient (Wildman–Crippen LogP) is 6.72. The summed E-state index contributed by atoms with van der Waals surface area (Å²) in [6.45, 7) is 12.7. The van der Waals surface area contributed by atoms with Gasteiger partial charge < -0.3 is 4.98 Å². The van der Waals surface area contributed by atoms with Crippen molar-refractivity contribution in [1.82, 2.24) is 19.9 Å². The highest BCUT2D eigenvalue weighted by molar-refractivity contribution is 6.00. The van der Waals surface area contributed by atoms with Crippen molar-refractivity contribution >= 4 is 22.4 Å². The maximum absolute atomic E-state index is 4.88. The van der Waals surface area contributed by atoms with Crippen LogP contribution in [0.2, 0.25) is 0 Å². The summed E-state index contributed by atoms with van der Waals surface area (Å²) >= 11 is 0. The van der Waals surface area contributed by atoms with E-state index in [4.69, 9.17) is 4.99 Å². The van der Waals surface area contributed by atoms with Gasteiger partial charge in [0.2, 0.25) is 0 Å². The van der Waals surface area contributed by atoms with Crippen LogP contribution < -0.4 is 0 Å². The van der Waals surface area contributed by atoms with Crippen molar-refractivity contribution < 1.29 is 0 Å². The van der Waals surface area contributed by atoms with Gasteiger partial charge in [-0.25, -0.2) is 4.98 Å². The standard InChI is InChI=1S/C26H29N5/c1-15(2)19-7-9-21(27-13-19)22-10-8-20(14-28-22)18(6)29-23-12-25-24(11-17(23)5)30-26(31-25)16(3)4/h7-16H,1-6H3,(H,30,31)/b29-18+. The number of nitrogens with zero attached hydrogens (tertiary/aromatic N) is 4. The number of aliphatic imine (C=N–C) groups is 1. The van der Waals surface area contributed by atoms with Crippen molar-refractivity contribution in [3.63, 3.8) is 0 Å². The third-order valence-corrected chi connectivity index (χ3v) is 5.55. The van der Waals surface area contributed by atoms with E-state index in [1.165, 1.54) is 5.56 Å². The van der Waals surface area contributed by atoms with E-state index in [-0.39, 0.29) is 0 Å². The molecule has 158 valence electrons. The summed E-state index contributed by atoms with van der Waals surface area (Å²) < 4.78 is 0. The Morgan fingerprint density at radius 2 is 1.61 bits per heavy atom. The zero-order chi connectivity index (χ0) is 22.1. The molecule has 3 aromatic heterocycles. The molecule has 0 spiro atoms. The van der Waals surface area contributed by atoms with E-state index in [1.807, 2.05) is 31.5 Å². The Kier molecular flexibility index (Phi) is 5.68. The van der Waals surface area contributed by atoms with Crippen molar-refractivity contribution in [2.45, 2.75) is 53.4 Å². The van der Waals surface area contributed by atoms with E-state index in [2.05, 4.69) is 78.8 Å². The second-order valence-corrected chi connectivity index (χ2v) is 8.69. The number of pyridine rings is 2. The number of benzene rings is 1. The average Bonchev–Trinajstić information content (AvgIpc) is 3.17. The Balaban J connectivity index is 1.60. The summed E-state index contributed by atoms with van der Waals surface area (Å²) in [5.74, 6) is 1.83. The van der Waals surface area contributed by atoms with Crippen LogP contribution in [0.4, 0.5) is 5.69 Å². The molecule has 0 unspecified atom stereocenters. The van der Waals surface area contributed by atoms with Gasteiger partial charge in [-0.2, -0.15) is 0 Å². The number of imidazole rings is 1. The zero-order valence-electron chi connectivity index (χ0n) is 19.1. The number of H-pyrrole nitrogens is 1. The normalized spacial score (nSPS) is 12.3. The van der Waals surface area contributed by atoms with Gasteiger partial charge in [0, 0.05) is 29.6 Å². The highest BCUT2D eigenvalue weighted by Crippen LogP contribution is 2.27. The summed E-state index contributed by atoms with van der Waals surface area (Å²) in [5, 5.41) is 0. The van der Waals surface area contributed by atoms with E-state index < -0.39 is 0 Å². The number of fused-ring (bicyclic) bond motifs is 1. The lowest BCUT2D eigenvalue weighted by Crippen LogP contribution is -1.97. The monoisotopic (exact) mass is 411 g/mol. The minimum atomic E-state index is 0.363. The first kappa shape index (κ1) is 20.9. The van der Waals surface area contributed by atoms with Crippen LogP contribution in [-0.4, -0.2) is 25.6 Å². The van der Waals surface area contributed by atoms with Gasteiger partial charge >= 0.3 is 0 Å². The highest BCUT2D eigenvalue weighted by Gasteiger charge is 2.10. The van der Waals surface area contributed by atoms with Crippen LogP contribution in [0, 0.1) is 6.92 Å². The van der Waals surface area contributed by atoms with Gasteiger partial charge in [0.05, 0.1) is 28.1 Å². The maximum atomic E-state index is 4.88. The summed E-state index contributed by atoms with van der Waals surface area (Å²) in [6.07, 6.45) is 3.80. The first-order valence-electron chi connectivity index (χ1n) is 10.8. The molecule has 0 aliphatic rings. The fraction of sp³-hybridized carbons (Fsp3) is 0.308. The molecule has 0 radical (unpaired) electrons. The second-order valence-electron chi connectivity index (χ2n) is 8.69. The van der Waals surface area contributed by atoms with Crippen LogP contribution in [0.15, 0.2) is 53.8 Å². The molecule has 0 aliphatic heterocycles. The lowest BCUT2D eigenvalue weighted by atomic mass is 10.1. The Morgan fingerprint density at radius 1 is 0.903 bits per heavy atom. The minimum absolute atomic E-state index is 0.363. The number of aromatic nitrogens is 4. The molecular weight excluding hydrogens is 382 g/mol. The first-order valence-corrected chi connectivity index (χ1v) is 10.8. The number of aryl methyl sites for hydroxylation is 1. The molecule has 1 N–H and O–H groups in total. The molecule has 31 heavy (non-hydrogen) atoms. The van der Waals surface area contributed by atoms with E-state index >= 15 is 0 Å². The number of hydrogen-bond donors (Lipinski definition) is 1. The van der Waals surface area contributed by atoms with Crippen LogP contribution in [0.25, 0.3) is 22.4 Å². The van der Waals surface area contributed by atoms with Gasteiger partial charge in [-0.1, -0.05) is 33.8 Å². The van der Waals surface area contributed by atoms with Crippen LogP contribution >= 0.6 is 0 Å². The van der Waals surface area contributed by atoms with Crippen molar-refractivity contribution in [3.05, 3.63) is 71.3 Å². The Labute approximate surface area is 183 Å². The van der Waals surface area contributed by atoms with Crippen LogP contribution in [0.5, 0.6) is 0 Å². The number of nitrogens with one attached hydrogen (secondary N) is 1. The molecule has 0 atom stereocenters. The zero-order valence-corrected chi connectivity index (χ0v) is 19.1. The molecule has 1 aromatic carbocycles. The van der Waals surface area contributed by atoms with E-state index in [1.54, 1.807) is 0 Å². The van der Waals surface area contributed by atoms with E-state index in [0.717, 1.165) is 50.8 Å². The quantitative estimate of drug-likeness (QED) is 0.371. The smallest absolute Gasteiger partial charge is 0.109 e. The SMILES string of the molecule is C/C(=N\c1cc2[nH]c(C(C)C)nc2cc1C)c1ccc(-c2ccc(C(C)C)cn2)nc1. The van der Waals surface area contributed by atoms with Crippen molar-refractivity contribution in [3.8, 4) is 11.4 Å². The molecule has 0 fully saturated rings. The summed E-state index contributed by atoms with van der Waals surface area (Å²) in [6, 6.07) is 12.4. The van der Waals surface area contributed by atoms with Crippen LogP contribution in [-0.2, 0) is 0 Å². The fourth-order valence-electron chi connectivity index (χ4n) is 3.47. The molecule has 0 saturated carbocycles. The van der Waals surface area contributed by atoms with E-state index in [9.17, 15) is 0 Å². The largest absolute Gasteiger partial charge is 0.342 e. The number of aromatic amines is 1. The molecule has 4 aromatic rings. The fourth-order valence-corrected chi connectivity index (χ4v) is 3.47. The molecule has 0 bridgehead atoms. The molecule has 0 amide bonds. The molecule has 5 heteroatoms. The summed E-state index contributed by atoms with van der Waals surface area (Å²) in [7, 11) is 0. The Bertz CT molecular complexity index is 1230. The van der Waals surface area contributed by atoms with Gasteiger partial charge in [-0.3, -0.25) is 15.0 Å². The van der Waals surface area contributed by atoms with Gasteiger partial charge in [-0.05, 0) is 61.2 Å². The lowest BCUT2D eigenvalue weighted by molar-refractivity contribution is 0.799. The van der Waals surface area contributed by atoms with Gasteiger partial charge in [0.25, 0.3) is 0 Å². The van der Waals surface area contributed by atoms with E-state index in [0.29, 0.717) is 11.8 Å². The molecule has 4 rings (SSSR count). The molecule has 0 saturated heterocycles. The predicted molar refractivity (Wildman–Crippen MR) is 128 cm³/mol. The maximum Gasteiger partial charge on any atom is 0.109 e. The van der Waals surface area contributed by atoms with Gasteiger partial charge in [0.1, 0.15) is 5.82 Å². The third kappa shape index (κ3) is 4.41. The Hall–Kier alpha value is -3.34. The lowest BCUT2D eigenvalue weighted by Gasteiger charge is -2.07. The Morgan fingerprint density at radius 3 is 2.19 bits per heavy atom. The molecule has 3 heterocycles. The molecular formula is C26H29N5. The highest BCUT2D eigenvalue weighted by atomic mass is 14.9. The van der Waals surface area contributed by atoms with Crippen molar-refractivity contribution in [2.24, 2.45) is 4.99 Å². The average molecular weight is 412 g/mol. The van der Waals surface area contributed by atoms with Crippen molar-refractivity contribution in [1.29, 1.82) is 0 Å². The number of hydrogen-bond acceptors (Lipinski definition) is 4. The second kappa shape index (κ2) is 8.42. The topological polar surface area (TPSA) is 66.8 Å². The first-order chi connectivity index (χ1) is 14.8. The van der Waals surface area contributed by atoms with Crippen LogP contribution in [0.3, 0.4) is 0 Å².